The van der Waals surface area contributed by atoms with E-state index >= 15 is 0 Å². The minimum atomic E-state index is -0.348. The van der Waals surface area contributed by atoms with Crippen molar-refractivity contribution in [2.24, 2.45) is 0 Å². The van der Waals surface area contributed by atoms with Crippen molar-refractivity contribution in [3.8, 4) is 0 Å². The molecule has 3 aromatic rings. The second-order valence-electron chi connectivity index (χ2n) is 4.16. The van der Waals surface area contributed by atoms with Crippen LogP contribution in [0, 0.1) is 11.9 Å². The van der Waals surface area contributed by atoms with Crippen LogP contribution < -0.4 is 0 Å². The topological polar surface area (TPSA) is 41.6 Å². The third-order valence-corrected chi connectivity index (χ3v) is 3.02. The van der Waals surface area contributed by atoms with E-state index in [4.69, 9.17) is 0 Å². The van der Waals surface area contributed by atoms with Crippen LogP contribution >= 0.6 is 0 Å². The van der Waals surface area contributed by atoms with Crippen molar-refractivity contribution in [1.82, 2.24) is 15.0 Å². The molecule has 0 aliphatic carbocycles. The Labute approximate surface area is 110 Å². The van der Waals surface area contributed by atoms with E-state index in [1.165, 1.54) is 0 Å². The van der Waals surface area contributed by atoms with Crippen molar-refractivity contribution >= 4 is 0 Å². The molecular formula is C15H11FFmN3-. The molecule has 0 aliphatic heterocycles. The maximum atomic E-state index is 14.0. The molecule has 1 aromatic carbocycles. The van der Waals surface area contributed by atoms with Crippen molar-refractivity contribution in [2.45, 2.75) is 5.92 Å². The van der Waals surface area contributed by atoms with Crippen LogP contribution in [0.1, 0.15) is 22.7 Å². The molecule has 20 heavy (non-hydrogen) atoms. The van der Waals surface area contributed by atoms with Gasteiger partial charge in [0.2, 0.25) is 0 Å². The maximum Gasteiger partial charge on any atom is 0.0921 e. The number of hydrogen-bond acceptors (Lipinski definition) is 2. The molecular weight excluding hydrogens is 498 g/mol. The van der Waals surface area contributed by atoms with Gasteiger partial charge in [0, 0.05) is 36.0 Å². The SMILES string of the molecule is Fc1[c-]cccc1C(c1ccncc1)c1cnc[nH]1.[Fm]. The van der Waals surface area contributed by atoms with Gasteiger partial charge in [0.1, 0.15) is 0 Å². The number of nitrogens with one attached hydrogen (secondary N) is 1. The van der Waals surface area contributed by atoms with Crippen LogP contribution in [0.5, 0.6) is 0 Å². The molecule has 0 bridgehead atoms. The van der Waals surface area contributed by atoms with Crippen molar-refractivity contribution in [2.75, 3.05) is 0 Å². The van der Waals surface area contributed by atoms with Crippen LogP contribution in [0.2, 0.25) is 0 Å². The zero-order valence-electron chi connectivity index (χ0n) is 10.3. The average Bonchev–Trinajstić information content (AvgIpc) is 2.96. The van der Waals surface area contributed by atoms with Gasteiger partial charge in [-0.25, -0.2) is 9.37 Å². The molecule has 1 atom stereocenters. The summed E-state index contributed by atoms with van der Waals surface area (Å²) in [6.07, 6.45) is 6.69. The smallest absolute Gasteiger partial charge is 0.0921 e. The molecule has 5 heteroatoms. The Hall–Kier alpha value is -3.49. The number of halogens is 1. The second kappa shape index (κ2) is 5.44. The molecule has 0 radical (unpaired) electrons. The summed E-state index contributed by atoms with van der Waals surface area (Å²) >= 11 is 0. The van der Waals surface area contributed by atoms with Gasteiger partial charge < -0.3 is 4.98 Å². The van der Waals surface area contributed by atoms with E-state index in [9.17, 15) is 4.39 Å². The Morgan fingerprint density at radius 2 is 1.95 bits per heavy atom. The van der Waals surface area contributed by atoms with Gasteiger partial charge in [0.15, 0.2) is 0 Å². The molecule has 2 heterocycles. The van der Waals surface area contributed by atoms with E-state index in [1.54, 1.807) is 43.1 Å². The molecule has 3 rings (SSSR count). The van der Waals surface area contributed by atoms with Crippen molar-refractivity contribution < 1.29 is 4.39 Å². The third-order valence-electron chi connectivity index (χ3n) is 3.02. The summed E-state index contributed by atoms with van der Waals surface area (Å²) < 4.78 is 14.0. The Kier molecular flexibility index (Phi) is 3.52. The minimum absolute atomic E-state index is 0. The van der Waals surface area contributed by atoms with Gasteiger partial charge in [0.25, 0.3) is 0 Å². The van der Waals surface area contributed by atoms with Crippen molar-refractivity contribution in [3.63, 3.8) is 0 Å². The summed E-state index contributed by atoms with van der Waals surface area (Å²) in [5, 5.41) is 0. The van der Waals surface area contributed by atoms with E-state index < -0.39 is 0 Å². The molecule has 0 spiro atoms. The molecule has 1 N–H and O–H groups in total. The molecule has 0 fully saturated rings. The van der Waals surface area contributed by atoms with Crippen LogP contribution in [0.15, 0.2) is 55.2 Å². The van der Waals surface area contributed by atoms with Gasteiger partial charge in [0.05, 0.1) is 6.33 Å². The zero-order chi connectivity index (χ0) is 13.1. The number of aromatic nitrogens is 3. The van der Waals surface area contributed by atoms with Crippen LogP contribution in [-0.2, 0) is 0 Å². The summed E-state index contributed by atoms with van der Waals surface area (Å²) in [5.74, 6) is -0.582. The normalized spacial score (nSPS) is 11.7. The average molecular weight is 509 g/mol. The van der Waals surface area contributed by atoms with Gasteiger partial charge in [-0.1, -0.05) is 0 Å². The Bertz CT molecular complexity index is 656. The number of rotatable bonds is 3. The molecule has 0 saturated heterocycles. The van der Waals surface area contributed by atoms with E-state index in [0.717, 1.165) is 11.3 Å². The molecule has 1 unspecified atom stereocenters. The number of H-pyrrole nitrogens is 1. The summed E-state index contributed by atoms with van der Waals surface area (Å²) in [4.78, 5) is 11.1. The fourth-order valence-electron chi connectivity index (χ4n) is 2.16. The fourth-order valence-corrected chi connectivity index (χ4v) is 2.16. The van der Waals surface area contributed by atoms with Crippen molar-refractivity contribution in [1.29, 1.82) is 0 Å². The number of nitrogens with zero attached hydrogens (tertiary/aromatic N) is 2. The predicted octanol–water partition coefficient (Wildman–Crippen LogP) is 2.92. The van der Waals surface area contributed by atoms with Crippen LogP contribution in [0.25, 0.3) is 0 Å². The van der Waals surface area contributed by atoms with E-state index in [2.05, 4.69) is 21.0 Å². The Morgan fingerprint density at radius 1 is 1.15 bits per heavy atom. The first kappa shape index (κ1) is 13.0. The summed E-state index contributed by atoms with van der Waals surface area (Å²) in [7, 11) is 0. The van der Waals surface area contributed by atoms with Gasteiger partial charge in [-0.05, 0) is 17.7 Å². The number of benzene rings is 1. The molecule has 0 saturated carbocycles. The second-order valence-corrected chi connectivity index (χ2v) is 4.16. The monoisotopic (exact) mass is 509 g/mol. The quantitative estimate of drug-likeness (QED) is 0.553. The molecule has 0 aliphatic rings. The first-order valence-corrected chi connectivity index (χ1v) is 5.90. The van der Waals surface area contributed by atoms with Crippen molar-refractivity contribution in [3.05, 3.63) is 84.0 Å². The fraction of sp³-hybridized carbons (Fsp3) is 0.0667. The standard InChI is InChI=1S/C15H11FN3.Fm/c16-13-4-2-1-3-12(13)15(14-9-18-10-19-14)11-5-7-17-8-6-11;/h1-3,5-10,15H,(H,18,19);/q-1;. The number of hydrogen-bond donors (Lipinski definition) is 1. The maximum absolute atomic E-state index is 14.0. The summed E-state index contributed by atoms with van der Waals surface area (Å²) in [5.41, 5.74) is 2.36. The van der Waals surface area contributed by atoms with E-state index in [1.807, 2.05) is 12.1 Å². The van der Waals surface area contributed by atoms with E-state index in [0.29, 0.717) is 5.56 Å². The Balaban J connectivity index is 0.00000147. The summed E-state index contributed by atoms with van der Waals surface area (Å²) in [6.45, 7) is 0. The third kappa shape index (κ3) is 2.22. The minimum Gasteiger partial charge on any atom is -0.349 e. The van der Waals surface area contributed by atoms with Crippen LogP contribution in [0.4, 0.5) is 4.39 Å². The molecule has 2 aromatic heterocycles. The number of pyridine rings is 1. The number of aromatic amines is 1. The Morgan fingerprint density at radius 3 is 2.60 bits per heavy atom. The van der Waals surface area contributed by atoms with Gasteiger partial charge in [-0.15, -0.1) is 11.6 Å². The molecule has 106 valence electrons. The largest absolute Gasteiger partial charge is 0.349 e. The van der Waals surface area contributed by atoms with Gasteiger partial charge in [-0.3, -0.25) is 4.98 Å². The molecule has 3 nitrogen and oxygen atoms in total. The van der Waals surface area contributed by atoms with Gasteiger partial charge in [-0.2, -0.15) is 18.2 Å². The first-order valence-electron chi connectivity index (χ1n) is 5.90. The molecule has 0 amide bonds. The summed E-state index contributed by atoms with van der Waals surface area (Å²) in [6, 6.07) is 11.4. The number of imidazole rings is 1. The first-order chi connectivity index (χ1) is 9.36. The van der Waals surface area contributed by atoms with Gasteiger partial charge >= 0.3 is 0 Å². The predicted molar refractivity (Wildman–Crippen MR) is 69.0 cm³/mol. The zero-order valence-corrected chi connectivity index (χ0v) is 12.7. The van der Waals surface area contributed by atoms with Crippen LogP contribution in [-0.4, -0.2) is 15.0 Å². The van der Waals surface area contributed by atoms with E-state index in [-0.39, 0.29) is 11.7 Å². The van der Waals surface area contributed by atoms with Crippen LogP contribution in [0.3, 0.4) is 0 Å².